The zero-order valence-electron chi connectivity index (χ0n) is 13.9. The minimum Gasteiger partial charge on any atom is -0.336 e. The summed E-state index contributed by atoms with van der Waals surface area (Å²) < 4.78 is 0. The Morgan fingerprint density at radius 2 is 1.88 bits per heavy atom. The van der Waals surface area contributed by atoms with Crippen LogP contribution in [0.15, 0.2) is 41.9 Å². The van der Waals surface area contributed by atoms with Crippen LogP contribution in [0.4, 0.5) is 0 Å². The van der Waals surface area contributed by atoms with Gasteiger partial charge in [-0.1, -0.05) is 12.1 Å². The van der Waals surface area contributed by atoms with Crippen molar-refractivity contribution in [1.82, 2.24) is 14.8 Å². The van der Waals surface area contributed by atoms with Gasteiger partial charge >= 0.3 is 0 Å². The summed E-state index contributed by atoms with van der Waals surface area (Å²) in [5.74, 6) is 0.351. The van der Waals surface area contributed by atoms with Gasteiger partial charge in [-0.15, -0.1) is 11.3 Å². The van der Waals surface area contributed by atoms with Crippen molar-refractivity contribution in [2.24, 2.45) is 5.41 Å². The molecule has 0 atom stereocenters. The second-order valence-corrected chi connectivity index (χ2v) is 7.97. The predicted molar refractivity (Wildman–Crippen MR) is 95.5 cm³/mol. The quantitative estimate of drug-likeness (QED) is 0.857. The van der Waals surface area contributed by atoms with Gasteiger partial charge in [0.2, 0.25) is 5.91 Å². The number of likely N-dealkylation sites (tertiary alicyclic amines) is 2. The highest BCUT2D eigenvalue weighted by Crippen LogP contribution is 2.42. The van der Waals surface area contributed by atoms with Crippen molar-refractivity contribution < 1.29 is 4.79 Å². The molecule has 0 unspecified atom stereocenters. The molecule has 2 aliphatic heterocycles. The van der Waals surface area contributed by atoms with Crippen LogP contribution < -0.4 is 0 Å². The summed E-state index contributed by atoms with van der Waals surface area (Å²) in [6.45, 7) is 4.61. The van der Waals surface area contributed by atoms with E-state index in [2.05, 4.69) is 27.4 Å². The highest BCUT2D eigenvalue weighted by atomic mass is 32.1. The fraction of sp³-hybridized carbons (Fsp3) is 0.474. The number of nitrogens with zero attached hydrogens (tertiary/aromatic N) is 3. The zero-order chi connectivity index (χ0) is 16.4. The number of amides is 1. The molecule has 0 radical (unpaired) electrons. The Balaban J connectivity index is 1.36. The molecular formula is C19H23N3OS. The lowest BCUT2D eigenvalue weighted by atomic mass is 9.77. The largest absolute Gasteiger partial charge is 0.336 e. The van der Waals surface area contributed by atoms with E-state index >= 15 is 0 Å². The summed E-state index contributed by atoms with van der Waals surface area (Å²) in [5.41, 5.74) is 0.874. The third-order valence-corrected chi connectivity index (χ3v) is 6.31. The summed E-state index contributed by atoms with van der Waals surface area (Å²) >= 11 is 1.82. The normalized spacial score (nSPS) is 20.8. The Labute approximate surface area is 147 Å². The molecular weight excluding hydrogens is 318 g/mol. The van der Waals surface area contributed by atoms with Gasteiger partial charge in [-0.3, -0.25) is 14.7 Å². The maximum atomic E-state index is 13.0. The van der Waals surface area contributed by atoms with E-state index in [4.69, 9.17) is 0 Å². The molecule has 4 heterocycles. The zero-order valence-corrected chi connectivity index (χ0v) is 14.7. The number of aromatic nitrogens is 1. The minimum absolute atomic E-state index is 0.110. The summed E-state index contributed by atoms with van der Waals surface area (Å²) in [7, 11) is 0. The number of rotatable bonds is 4. The van der Waals surface area contributed by atoms with Gasteiger partial charge in [0, 0.05) is 24.2 Å². The lowest BCUT2D eigenvalue weighted by Crippen LogP contribution is -2.44. The smallest absolute Gasteiger partial charge is 0.229 e. The van der Waals surface area contributed by atoms with Gasteiger partial charge in [0.05, 0.1) is 17.7 Å². The first-order chi connectivity index (χ1) is 11.8. The van der Waals surface area contributed by atoms with E-state index in [0.717, 1.165) is 51.1 Å². The topological polar surface area (TPSA) is 36.4 Å². The monoisotopic (exact) mass is 341 g/mol. The molecule has 0 aromatic carbocycles. The summed E-state index contributed by atoms with van der Waals surface area (Å²) in [6, 6.07) is 10.2. The molecule has 24 heavy (non-hydrogen) atoms. The summed E-state index contributed by atoms with van der Waals surface area (Å²) in [6.07, 6.45) is 4.80. The van der Waals surface area contributed by atoms with Gasteiger partial charge in [-0.05, 0) is 55.9 Å². The highest BCUT2D eigenvalue weighted by molar-refractivity contribution is 7.09. The van der Waals surface area contributed by atoms with Gasteiger partial charge in [0.15, 0.2) is 0 Å². The summed E-state index contributed by atoms with van der Waals surface area (Å²) in [4.78, 5) is 23.3. The van der Waals surface area contributed by atoms with E-state index in [0.29, 0.717) is 12.5 Å². The average Bonchev–Trinajstić information content (AvgIpc) is 3.22. The van der Waals surface area contributed by atoms with Crippen LogP contribution in [0.2, 0.25) is 0 Å². The van der Waals surface area contributed by atoms with Gasteiger partial charge < -0.3 is 4.90 Å². The van der Waals surface area contributed by atoms with E-state index in [1.165, 1.54) is 4.88 Å². The fourth-order valence-electron chi connectivity index (χ4n) is 3.96. The molecule has 1 amide bonds. The van der Waals surface area contributed by atoms with Gasteiger partial charge in [0.25, 0.3) is 0 Å². The molecule has 0 N–H and O–H groups in total. The Bertz CT molecular complexity index is 678. The number of carbonyl (C=O) groups is 1. The molecule has 2 aromatic rings. The van der Waals surface area contributed by atoms with Gasteiger partial charge in [0.1, 0.15) is 0 Å². The molecule has 4 rings (SSSR count). The van der Waals surface area contributed by atoms with Crippen molar-refractivity contribution in [1.29, 1.82) is 0 Å². The second kappa shape index (κ2) is 6.65. The lowest BCUT2D eigenvalue weighted by molar-refractivity contribution is -0.139. The SMILES string of the molecule is O=C1N(Cc2ccccn2)CCC12CCN(Cc1cccs1)CC2. The second-order valence-electron chi connectivity index (χ2n) is 6.93. The molecule has 0 aliphatic carbocycles. The third-order valence-electron chi connectivity index (χ3n) is 5.45. The van der Waals surface area contributed by atoms with Crippen LogP contribution in [0.1, 0.15) is 29.8 Å². The van der Waals surface area contributed by atoms with Gasteiger partial charge in [-0.25, -0.2) is 0 Å². The maximum Gasteiger partial charge on any atom is 0.229 e. The van der Waals surface area contributed by atoms with Crippen molar-refractivity contribution in [3.8, 4) is 0 Å². The van der Waals surface area contributed by atoms with Crippen LogP contribution in [-0.4, -0.2) is 40.3 Å². The first-order valence-corrected chi connectivity index (χ1v) is 9.57. The van der Waals surface area contributed by atoms with Crippen molar-refractivity contribution in [3.63, 3.8) is 0 Å². The van der Waals surface area contributed by atoms with E-state index < -0.39 is 0 Å². The Kier molecular flexibility index (Phi) is 4.37. The first kappa shape index (κ1) is 15.8. The third kappa shape index (κ3) is 3.10. The van der Waals surface area contributed by atoms with Crippen molar-refractivity contribution in [2.75, 3.05) is 19.6 Å². The number of thiophene rings is 1. The van der Waals surface area contributed by atoms with E-state index in [-0.39, 0.29) is 5.41 Å². The number of hydrogen-bond donors (Lipinski definition) is 0. The van der Waals surface area contributed by atoms with E-state index in [1.54, 1.807) is 6.20 Å². The molecule has 0 bridgehead atoms. The Morgan fingerprint density at radius 1 is 1.04 bits per heavy atom. The number of piperidine rings is 1. The number of carbonyl (C=O) groups excluding carboxylic acids is 1. The molecule has 2 aromatic heterocycles. The van der Waals surface area contributed by atoms with Crippen LogP contribution in [0.3, 0.4) is 0 Å². The fourth-order valence-corrected chi connectivity index (χ4v) is 4.70. The molecule has 2 saturated heterocycles. The maximum absolute atomic E-state index is 13.0. The van der Waals surface area contributed by atoms with Crippen molar-refractivity contribution in [3.05, 3.63) is 52.5 Å². The summed E-state index contributed by atoms with van der Waals surface area (Å²) in [5, 5.41) is 2.14. The standard InChI is InChI=1S/C19H23N3OS/c23-18-19(8-12-22(18)14-16-4-1-2-9-20-16)6-10-21(11-7-19)15-17-5-3-13-24-17/h1-5,9,13H,6-8,10-12,14-15H2. The molecule has 2 fully saturated rings. The van der Waals surface area contributed by atoms with Crippen LogP contribution in [-0.2, 0) is 17.9 Å². The predicted octanol–water partition coefficient (Wildman–Crippen LogP) is 3.16. The van der Waals surface area contributed by atoms with Crippen LogP contribution in [0, 0.1) is 5.41 Å². The molecule has 1 spiro atoms. The van der Waals surface area contributed by atoms with Crippen LogP contribution in [0.25, 0.3) is 0 Å². The molecule has 4 nitrogen and oxygen atoms in total. The van der Waals surface area contributed by atoms with Crippen molar-refractivity contribution >= 4 is 17.2 Å². The van der Waals surface area contributed by atoms with Gasteiger partial charge in [-0.2, -0.15) is 0 Å². The van der Waals surface area contributed by atoms with Crippen LogP contribution >= 0.6 is 11.3 Å². The molecule has 5 heteroatoms. The van der Waals surface area contributed by atoms with E-state index in [9.17, 15) is 4.79 Å². The molecule has 2 aliphatic rings. The van der Waals surface area contributed by atoms with E-state index in [1.807, 2.05) is 34.4 Å². The minimum atomic E-state index is -0.110. The lowest BCUT2D eigenvalue weighted by Gasteiger charge is -2.37. The highest BCUT2D eigenvalue weighted by Gasteiger charge is 2.47. The number of hydrogen-bond acceptors (Lipinski definition) is 4. The average molecular weight is 341 g/mol. The Morgan fingerprint density at radius 3 is 2.58 bits per heavy atom. The first-order valence-electron chi connectivity index (χ1n) is 8.69. The molecule has 0 saturated carbocycles. The van der Waals surface area contributed by atoms with Crippen LogP contribution in [0.5, 0.6) is 0 Å². The number of pyridine rings is 1. The van der Waals surface area contributed by atoms with Crippen molar-refractivity contribution in [2.45, 2.75) is 32.4 Å². The molecule has 126 valence electrons. The Hall–Kier alpha value is -1.72.